The minimum absolute atomic E-state index is 0.0709. The number of carbonyl (C=O) groups excluding carboxylic acids is 2. The van der Waals surface area contributed by atoms with Crippen LogP contribution in [0.1, 0.15) is 59.4 Å². The van der Waals surface area contributed by atoms with E-state index in [1.165, 1.54) is 11.2 Å². The molecule has 2 aromatic carbocycles. The monoisotopic (exact) mass is 459 g/mol. The van der Waals surface area contributed by atoms with Gasteiger partial charge >= 0.3 is 0 Å². The highest BCUT2D eigenvalue weighted by Gasteiger charge is 2.46. The molecule has 1 N–H and O–H groups in total. The molecule has 3 aromatic rings. The molecule has 34 heavy (non-hydrogen) atoms. The van der Waals surface area contributed by atoms with Crippen molar-refractivity contribution in [3.05, 3.63) is 93.9 Å². The van der Waals surface area contributed by atoms with Gasteiger partial charge in [-0.2, -0.15) is 0 Å². The third kappa shape index (κ3) is 4.12. The van der Waals surface area contributed by atoms with Gasteiger partial charge in [0.1, 0.15) is 17.3 Å². The van der Waals surface area contributed by atoms with Gasteiger partial charge in [0.15, 0.2) is 0 Å². The van der Waals surface area contributed by atoms with Crippen LogP contribution >= 0.6 is 0 Å². The second-order valence-corrected chi connectivity index (χ2v) is 8.96. The number of ketones is 1. The fraction of sp³-hybridized carbons (Fsp3) is 0.286. The van der Waals surface area contributed by atoms with Crippen LogP contribution in [0, 0.1) is 13.8 Å². The Kier molecular flexibility index (Phi) is 6.33. The molecule has 1 aliphatic heterocycles. The zero-order chi connectivity index (χ0) is 24.6. The molecule has 0 bridgehead atoms. The van der Waals surface area contributed by atoms with Gasteiger partial charge < -0.3 is 19.2 Å². The van der Waals surface area contributed by atoms with E-state index in [0.29, 0.717) is 23.0 Å². The first-order valence-corrected chi connectivity index (χ1v) is 11.3. The maximum absolute atomic E-state index is 13.3. The fourth-order valence-electron chi connectivity index (χ4n) is 4.43. The highest BCUT2D eigenvalue weighted by molar-refractivity contribution is 6.46. The topological polar surface area (TPSA) is 80.0 Å². The lowest BCUT2D eigenvalue weighted by atomic mass is 9.91. The van der Waals surface area contributed by atoms with Crippen molar-refractivity contribution in [1.82, 2.24) is 4.90 Å². The highest BCUT2D eigenvalue weighted by atomic mass is 16.5. The molecule has 0 spiro atoms. The van der Waals surface area contributed by atoms with Crippen LogP contribution in [0.15, 0.2) is 64.8 Å². The Balaban J connectivity index is 1.89. The van der Waals surface area contributed by atoms with Gasteiger partial charge in [-0.15, -0.1) is 0 Å². The molecule has 0 saturated carbocycles. The quantitative estimate of drug-likeness (QED) is 0.293. The van der Waals surface area contributed by atoms with Gasteiger partial charge in [-0.1, -0.05) is 38.1 Å². The van der Waals surface area contributed by atoms with E-state index in [-0.39, 0.29) is 17.9 Å². The number of aliphatic hydroxyl groups is 1. The first kappa shape index (κ1) is 23.4. The molecule has 6 nitrogen and oxygen atoms in total. The minimum Gasteiger partial charge on any atom is -0.507 e. The molecule has 1 atom stereocenters. The largest absolute Gasteiger partial charge is 0.507 e. The van der Waals surface area contributed by atoms with E-state index in [1.54, 1.807) is 25.3 Å². The number of aliphatic hydroxyl groups excluding tert-OH is 1. The lowest BCUT2D eigenvalue weighted by Crippen LogP contribution is -2.29. The van der Waals surface area contributed by atoms with Crippen molar-refractivity contribution in [1.29, 1.82) is 0 Å². The Bertz CT molecular complexity index is 1250. The number of ether oxygens (including phenoxy) is 1. The summed E-state index contributed by atoms with van der Waals surface area (Å²) in [5.41, 5.74) is 4.02. The lowest BCUT2D eigenvalue weighted by Gasteiger charge is -2.25. The number of likely N-dealkylation sites (tertiary alicyclic amines) is 1. The maximum atomic E-state index is 13.3. The van der Waals surface area contributed by atoms with Gasteiger partial charge in [0.25, 0.3) is 11.7 Å². The van der Waals surface area contributed by atoms with E-state index in [0.717, 1.165) is 22.3 Å². The smallest absolute Gasteiger partial charge is 0.296 e. The Labute approximate surface area is 199 Å². The van der Waals surface area contributed by atoms with Crippen molar-refractivity contribution in [2.24, 2.45) is 0 Å². The summed E-state index contributed by atoms with van der Waals surface area (Å²) in [6.45, 7) is 8.03. The molecule has 1 aromatic heterocycles. The summed E-state index contributed by atoms with van der Waals surface area (Å²) >= 11 is 0. The molecule has 1 fully saturated rings. The van der Waals surface area contributed by atoms with Crippen LogP contribution in [0.2, 0.25) is 0 Å². The van der Waals surface area contributed by atoms with E-state index >= 15 is 0 Å². The number of Topliss-reactive ketones (excluding diaryl/α,β-unsaturated/α-hetero) is 1. The standard InChI is InChI=1S/C28H29NO5/c1-16(2)19-8-10-20(11-9-19)25-24(26(30)22-13-18(4)23(33-5)14-17(22)3)27(31)28(32)29(25)15-21-7-6-12-34-21/h6-14,16,25,30H,15H2,1-5H3/b26-24+. The molecule has 1 saturated heterocycles. The van der Waals surface area contributed by atoms with E-state index < -0.39 is 17.7 Å². The van der Waals surface area contributed by atoms with Crippen LogP contribution in [-0.4, -0.2) is 28.8 Å². The van der Waals surface area contributed by atoms with Gasteiger partial charge in [-0.05, 0) is 66.3 Å². The van der Waals surface area contributed by atoms with Gasteiger partial charge in [0.2, 0.25) is 0 Å². The summed E-state index contributed by atoms with van der Waals surface area (Å²) in [4.78, 5) is 27.9. The number of rotatable bonds is 6. The average molecular weight is 460 g/mol. The zero-order valence-electron chi connectivity index (χ0n) is 20.1. The van der Waals surface area contributed by atoms with E-state index in [2.05, 4.69) is 13.8 Å². The molecule has 1 unspecified atom stereocenters. The number of nitrogens with zero attached hydrogens (tertiary/aromatic N) is 1. The van der Waals surface area contributed by atoms with Crippen molar-refractivity contribution in [2.75, 3.05) is 7.11 Å². The number of methoxy groups -OCH3 is 1. The summed E-state index contributed by atoms with van der Waals surface area (Å²) < 4.78 is 10.8. The number of hydrogen-bond donors (Lipinski definition) is 1. The summed E-state index contributed by atoms with van der Waals surface area (Å²) in [6.07, 6.45) is 1.53. The van der Waals surface area contributed by atoms with Crippen LogP contribution in [-0.2, 0) is 16.1 Å². The Hall–Kier alpha value is -3.80. The van der Waals surface area contributed by atoms with E-state index in [4.69, 9.17) is 9.15 Å². The molecule has 0 radical (unpaired) electrons. The first-order chi connectivity index (χ1) is 16.2. The molecule has 0 aliphatic carbocycles. The molecule has 4 rings (SSSR count). The summed E-state index contributed by atoms with van der Waals surface area (Å²) in [5.74, 6) is 0.0129. The zero-order valence-corrected chi connectivity index (χ0v) is 20.1. The fourth-order valence-corrected chi connectivity index (χ4v) is 4.43. The van der Waals surface area contributed by atoms with E-state index in [9.17, 15) is 14.7 Å². The minimum atomic E-state index is -0.742. The SMILES string of the molecule is COc1cc(C)c(/C(O)=C2\C(=O)C(=O)N(Cc3ccco3)C2c2ccc(C(C)C)cc2)cc1C. The first-order valence-electron chi connectivity index (χ1n) is 11.3. The normalized spacial score (nSPS) is 17.6. The van der Waals surface area contributed by atoms with Crippen LogP contribution in [0.4, 0.5) is 0 Å². The maximum Gasteiger partial charge on any atom is 0.296 e. The Morgan fingerprint density at radius 1 is 1.09 bits per heavy atom. The van der Waals surface area contributed by atoms with Crippen molar-refractivity contribution >= 4 is 17.4 Å². The molecular formula is C28H29NO5. The Morgan fingerprint density at radius 2 is 1.79 bits per heavy atom. The van der Waals surface area contributed by atoms with Gasteiger partial charge in [-0.25, -0.2) is 0 Å². The number of benzene rings is 2. The number of amides is 1. The van der Waals surface area contributed by atoms with Crippen LogP contribution in [0.25, 0.3) is 5.76 Å². The Morgan fingerprint density at radius 3 is 2.38 bits per heavy atom. The van der Waals surface area contributed by atoms with Crippen molar-refractivity contribution < 1.29 is 23.8 Å². The second kappa shape index (κ2) is 9.21. The van der Waals surface area contributed by atoms with Gasteiger partial charge in [0.05, 0.1) is 31.5 Å². The summed E-state index contributed by atoms with van der Waals surface area (Å²) in [6, 6.07) is 14.2. The molecule has 6 heteroatoms. The number of carbonyl (C=O) groups is 2. The van der Waals surface area contributed by atoms with Gasteiger partial charge in [0, 0.05) is 5.56 Å². The lowest BCUT2D eigenvalue weighted by molar-refractivity contribution is -0.140. The number of furan rings is 1. The summed E-state index contributed by atoms with van der Waals surface area (Å²) in [7, 11) is 1.59. The summed E-state index contributed by atoms with van der Waals surface area (Å²) in [5, 5.41) is 11.4. The van der Waals surface area contributed by atoms with Gasteiger partial charge in [-0.3, -0.25) is 9.59 Å². The molecule has 1 aliphatic rings. The van der Waals surface area contributed by atoms with Crippen LogP contribution < -0.4 is 4.74 Å². The average Bonchev–Trinajstić information content (AvgIpc) is 3.42. The molecule has 2 heterocycles. The van der Waals surface area contributed by atoms with Crippen molar-refractivity contribution in [3.8, 4) is 5.75 Å². The number of hydrogen-bond acceptors (Lipinski definition) is 5. The second-order valence-electron chi connectivity index (χ2n) is 8.96. The van der Waals surface area contributed by atoms with E-state index in [1.807, 2.05) is 44.2 Å². The predicted molar refractivity (Wildman–Crippen MR) is 130 cm³/mol. The van der Waals surface area contributed by atoms with Crippen molar-refractivity contribution in [2.45, 2.75) is 46.2 Å². The third-order valence-corrected chi connectivity index (χ3v) is 6.36. The molecule has 1 amide bonds. The predicted octanol–water partition coefficient (Wildman–Crippen LogP) is 5.65. The molecular weight excluding hydrogens is 430 g/mol. The third-order valence-electron chi connectivity index (χ3n) is 6.36. The van der Waals surface area contributed by atoms with Crippen LogP contribution in [0.3, 0.4) is 0 Å². The van der Waals surface area contributed by atoms with Crippen molar-refractivity contribution in [3.63, 3.8) is 0 Å². The van der Waals surface area contributed by atoms with Crippen LogP contribution in [0.5, 0.6) is 5.75 Å². The highest BCUT2D eigenvalue weighted by Crippen LogP contribution is 2.41. The molecule has 176 valence electrons. The number of aryl methyl sites for hydroxylation is 2.